The Morgan fingerprint density at radius 2 is 1.84 bits per heavy atom. The minimum Gasteiger partial charge on any atom is -0.481 e. The molecule has 1 aliphatic heterocycles. The standard InChI is InChI=1S/C19H26N2O4/c1-14-7-9-16(10-8-14)21-13-15(12-17(21)22)19(25)20-11-5-3-2-4-6-18(23)24/h7-10,15H,2-6,11-13H2,1H3,(H,20,25)(H,23,24). The molecule has 2 amide bonds. The maximum atomic E-state index is 12.2. The van der Waals surface area contributed by atoms with Crippen LogP contribution in [-0.4, -0.2) is 36.0 Å². The van der Waals surface area contributed by atoms with Crippen LogP contribution in [0.3, 0.4) is 0 Å². The Labute approximate surface area is 148 Å². The van der Waals surface area contributed by atoms with Crippen LogP contribution in [0, 0.1) is 12.8 Å². The van der Waals surface area contributed by atoms with Gasteiger partial charge < -0.3 is 15.3 Å². The zero-order chi connectivity index (χ0) is 18.2. The Kier molecular flexibility index (Phi) is 6.98. The van der Waals surface area contributed by atoms with Gasteiger partial charge >= 0.3 is 5.97 Å². The molecule has 0 bridgehead atoms. The van der Waals surface area contributed by atoms with Crippen LogP contribution >= 0.6 is 0 Å². The number of anilines is 1. The molecule has 6 nitrogen and oxygen atoms in total. The third-order valence-corrected chi connectivity index (χ3v) is 4.46. The Morgan fingerprint density at radius 1 is 1.16 bits per heavy atom. The van der Waals surface area contributed by atoms with E-state index < -0.39 is 5.97 Å². The second-order valence-corrected chi connectivity index (χ2v) is 6.59. The Hall–Kier alpha value is -2.37. The number of nitrogens with one attached hydrogen (secondary N) is 1. The molecule has 25 heavy (non-hydrogen) atoms. The van der Waals surface area contributed by atoms with Gasteiger partial charge in [-0.25, -0.2) is 0 Å². The molecule has 0 spiro atoms. The number of rotatable bonds is 9. The smallest absolute Gasteiger partial charge is 0.303 e. The lowest BCUT2D eigenvalue weighted by atomic mass is 10.1. The largest absolute Gasteiger partial charge is 0.481 e. The number of unbranched alkanes of at least 4 members (excludes halogenated alkanes) is 3. The molecule has 0 aromatic heterocycles. The molecule has 0 aliphatic carbocycles. The fourth-order valence-corrected chi connectivity index (χ4v) is 2.97. The first-order valence-electron chi connectivity index (χ1n) is 8.84. The van der Waals surface area contributed by atoms with Gasteiger partial charge in [-0.05, 0) is 31.9 Å². The lowest BCUT2D eigenvalue weighted by molar-refractivity contribution is -0.137. The van der Waals surface area contributed by atoms with E-state index in [-0.39, 0.29) is 30.6 Å². The first-order valence-corrected chi connectivity index (χ1v) is 8.84. The van der Waals surface area contributed by atoms with Gasteiger partial charge in [-0.1, -0.05) is 30.5 Å². The van der Waals surface area contributed by atoms with Crippen LogP contribution in [0.4, 0.5) is 5.69 Å². The number of carbonyl (C=O) groups excluding carboxylic acids is 2. The summed E-state index contributed by atoms with van der Waals surface area (Å²) in [7, 11) is 0. The quantitative estimate of drug-likeness (QED) is 0.673. The minimum atomic E-state index is -0.766. The molecule has 1 aliphatic rings. The van der Waals surface area contributed by atoms with Crippen LogP contribution in [0.15, 0.2) is 24.3 Å². The summed E-state index contributed by atoms with van der Waals surface area (Å²) >= 11 is 0. The molecular formula is C19H26N2O4. The summed E-state index contributed by atoms with van der Waals surface area (Å²) in [4.78, 5) is 36.5. The second kappa shape index (κ2) is 9.20. The average molecular weight is 346 g/mol. The highest BCUT2D eigenvalue weighted by Crippen LogP contribution is 2.25. The average Bonchev–Trinajstić information content (AvgIpc) is 2.96. The van der Waals surface area contributed by atoms with Gasteiger partial charge in [-0.15, -0.1) is 0 Å². The zero-order valence-corrected chi connectivity index (χ0v) is 14.7. The molecule has 1 heterocycles. The molecule has 1 aromatic carbocycles. The van der Waals surface area contributed by atoms with E-state index in [1.54, 1.807) is 4.90 Å². The molecule has 2 rings (SSSR count). The normalized spacial score (nSPS) is 16.9. The van der Waals surface area contributed by atoms with E-state index in [1.165, 1.54) is 0 Å². The predicted octanol–water partition coefficient (Wildman–Crippen LogP) is 2.50. The van der Waals surface area contributed by atoms with E-state index in [9.17, 15) is 14.4 Å². The molecule has 1 atom stereocenters. The number of carboxylic acid groups (broad SMARTS) is 1. The Balaban J connectivity index is 1.69. The van der Waals surface area contributed by atoms with E-state index in [0.29, 0.717) is 19.5 Å². The topological polar surface area (TPSA) is 86.7 Å². The van der Waals surface area contributed by atoms with Gasteiger partial charge in [0.2, 0.25) is 11.8 Å². The summed E-state index contributed by atoms with van der Waals surface area (Å²) in [6, 6.07) is 7.73. The van der Waals surface area contributed by atoms with Crippen LogP contribution in [0.2, 0.25) is 0 Å². The fraction of sp³-hybridized carbons (Fsp3) is 0.526. The number of benzene rings is 1. The number of hydrogen-bond donors (Lipinski definition) is 2. The van der Waals surface area contributed by atoms with Crippen molar-refractivity contribution >= 4 is 23.5 Å². The lowest BCUT2D eigenvalue weighted by Gasteiger charge is -2.17. The second-order valence-electron chi connectivity index (χ2n) is 6.59. The highest BCUT2D eigenvalue weighted by molar-refractivity contribution is 6.00. The van der Waals surface area contributed by atoms with E-state index in [2.05, 4.69) is 5.32 Å². The third-order valence-electron chi connectivity index (χ3n) is 4.46. The summed E-state index contributed by atoms with van der Waals surface area (Å²) < 4.78 is 0. The van der Waals surface area contributed by atoms with Crippen molar-refractivity contribution in [2.45, 2.75) is 45.4 Å². The molecule has 6 heteroatoms. The van der Waals surface area contributed by atoms with Crippen LogP contribution < -0.4 is 10.2 Å². The van der Waals surface area contributed by atoms with E-state index in [4.69, 9.17) is 5.11 Å². The van der Waals surface area contributed by atoms with Gasteiger partial charge in [-0.3, -0.25) is 14.4 Å². The maximum Gasteiger partial charge on any atom is 0.303 e. The van der Waals surface area contributed by atoms with Gasteiger partial charge in [0.15, 0.2) is 0 Å². The zero-order valence-electron chi connectivity index (χ0n) is 14.7. The maximum absolute atomic E-state index is 12.2. The number of nitrogens with zero attached hydrogens (tertiary/aromatic N) is 1. The first kappa shape index (κ1) is 19.0. The number of carbonyl (C=O) groups is 3. The third kappa shape index (κ3) is 5.89. The van der Waals surface area contributed by atoms with Crippen molar-refractivity contribution in [2.75, 3.05) is 18.0 Å². The predicted molar refractivity (Wildman–Crippen MR) is 95.4 cm³/mol. The number of amides is 2. The Bertz CT molecular complexity index is 612. The summed E-state index contributed by atoms with van der Waals surface area (Å²) in [5.74, 6) is -1.16. The van der Waals surface area contributed by atoms with E-state index in [1.807, 2.05) is 31.2 Å². The summed E-state index contributed by atoms with van der Waals surface area (Å²) in [5, 5.41) is 11.5. The van der Waals surface area contributed by atoms with Gasteiger partial charge in [0.1, 0.15) is 0 Å². The summed E-state index contributed by atoms with van der Waals surface area (Å²) in [5.41, 5.74) is 1.97. The Morgan fingerprint density at radius 3 is 2.52 bits per heavy atom. The molecule has 1 unspecified atom stereocenters. The fourth-order valence-electron chi connectivity index (χ4n) is 2.97. The molecule has 1 aromatic rings. The van der Waals surface area contributed by atoms with Gasteiger partial charge in [0.25, 0.3) is 0 Å². The molecule has 0 saturated carbocycles. The number of aliphatic carboxylic acids is 1. The molecule has 1 fully saturated rings. The van der Waals surface area contributed by atoms with E-state index >= 15 is 0 Å². The van der Waals surface area contributed by atoms with Crippen molar-refractivity contribution in [1.29, 1.82) is 0 Å². The first-order chi connectivity index (χ1) is 12.0. The van der Waals surface area contributed by atoms with Crippen molar-refractivity contribution < 1.29 is 19.5 Å². The number of carboxylic acids is 1. The monoisotopic (exact) mass is 346 g/mol. The van der Waals surface area contributed by atoms with Crippen molar-refractivity contribution in [2.24, 2.45) is 5.92 Å². The van der Waals surface area contributed by atoms with Crippen molar-refractivity contribution in [3.8, 4) is 0 Å². The SMILES string of the molecule is Cc1ccc(N2CC(C(=O)NCCCCCCC(=O)O)CC2=O)cc1. The van der Waals surface area contributed by atoms with Crippen LogP contribution in [0.5, 0.6) is 0 Å². The molecular weight excluding hydrogens is 320 g/mol. The van der Waals surface area contributed by atoms with Crippen LogP contribution in [0.1, 0.15) is 44.1 Å². The van der Waals surface area contributed by atoms with Crippen molar-refractivity contribution in [1.82, 2.24) is 5.32 Å². The molecule has 0 radical (unpaired) electrons. The van der Waals surface area contributed by atoms with Crippen LogP contribution in [-0.2, 0) is 14.4 Å². The number of aryl methyl sites for hydroxylation is 1. The van der Waals surface area contributed by atoms with Crippen molar-refractivity contribution in [3.63, 3.8) is 0 Å². The summed E-state index contributed by atoms with van der Waals surface area (Å²) in [6.07, 6.45) is 3.70. The highest BCUT2D eigenvalue weighted by Gasteiger charge is 2.34. The molecule has 2 N–H and O–H groups in total. The van der Waals surface area contributed by atoms with Gasteiger partial charge in [0, 0.05) is 31.6 Å². The van der Waals surface area contributed by atoms with Gasteiger partial charge in [0.05, 0.1) is 5.92 Å². The number of hydrogen-bond acceptors (Lipinski definition) is 3. The molecule has 136 valence electrons. The van der Waals surface area contributed by atoms with Crippen molar-refractivity contribution in [3.05, 3.63) is 29.8 Å². The highest BCUT2D eigenvalue weighted by atomic mass is 16.4. The van der Waals surface area contributed by atoms with Crippen LogP contribution in [0.25, 0.3) is 0 Å². The van der Waals surface area contributed by atoms with E-state index in [0.717, 1.165) is 30.5 Å². The summed E-state index contributed by atoms with van der Waals surface area (Å²) in [6.45, 7) is 2.99. The minimum absolute atomic E-state index is 0.0160. The molecule has 1 saturated heterocycles. The van der Waals surface area contributed by atoms with Gasteiger partial charge in [-0.2, -0.15) is 0 Å². The lowest BCUT2D eigenvalue weighted by Crippen LogP contribution is -2.33.